The third kappa shape index (κ3) is 3.96. The summed E-state index contributed by atoms with van der Waals surface area (Å²) in [4.78, 5) is 25.5. The van der Waals surface area contributed by atoms with E-state index in [0.717, 1.165) is 0 Å². The molecular formula is C15H20N2O5. The van der Waals surface area contributed by atoms with Crippen LogP contribution in [-0.4, -0.2) is 59.0 Å². The highest BCUT2D eigenvalue weighted by atomic mass is 16.5. The smallest absolute Gasteiger partial charge is 0.255 e. The number of carbonyl (C=O) groups is 2. The summed E-state index contributed by atoms with van der Waals surface area (Å²) >= 11 is 0. The van der Waals surface area contributed by atoms with Crippen LogP contribution in [0.3, 0.4) is 0 Å². The number of nitrogens with zero attached hydrogens (tertiary/aromatic N) is 1. The highest BCUT2D eigenvalue weighted by Gasteiger charge is 2.26. The molecule has 2 amide bonds. The predicted octanol–water partition coefficient (Wildman–Crippen LogP) is 0.0778. The molecule has 1 aromatic rings. The maximum atomic E-state index is 12.1. The van der Waals surface area contributed by atoms with E-state index in [1.807, 2.05) is 0 Å². The Balaban J connectivity index is 1.89. The quantitative estimate of drug-likeness (QED) is 0.731. The van der Waals surface area contributed by atoms with Crippen LogP contribution >= 0.6 is 0 Å². The number of nitrogens with one attached hydrogen (secondary N) is 1. The number of aliphatic hydroxyl groups excluding tert-OH is 1. The first-order valence-electron chi connectivity index (χ1n) is 7.13. The van der Waals surface area contributed by atoms with Gasteiger partial charge in [0.15, 0.2) is 6.23 Å². The molecule has 0 spiro atoms. The SMILES string of the molecule is CC(CC(=O)N1CCOC[C@H]1O)NC(=O)c1ccccc1O. The molecule has 1 heterocycles. The number of rotatable bonds is 4. The minimum Gasteiger partial charge on any atom is -0.507 e. The van der Waals surface area contributed by atoms with Crippen molar-refractivity contribution in [2.24, 2.45) is 0 Å². The molecule has 1 fully saturated rings. The average Bonchev–Trinajstić information content (AvgIpc) is 2.47. The van der Waals surface area contributed by atoms with E-state index >= 15 is 0 Å². The number of aromatic hydroxyl groups is 1. The van der Waals surface area contributed by atoms with Crippen molar-refractivity contribution in [3.05, 3.63) is 29.8 Å². The number of amides is 2. The van der Waals surface area contributed by atoms with Gasteiger partial charge in [0, 0.05) is 19.0 Å². The van der Waals surface area contributed by atoms with Gasteiger partial charge in [-0.25, -0.2) is 0 Å². The molecule has 7 nitrogen and oxygen atoms in total. The molecular weight excluding hydrogens is 288 g/mol. The van der Waals surface area contributed by atoms with Crippen LogP contribution in [0.2, 0.25) is 0 Å². The highest BCUT2D eigenvalue weighted by molar-refractivity contribution is 5.97. The van der Waals surface area contributed by atoms with E-state index in [4.69, 9.17) is 4.74 Å². The van der Waals surface area contributed by atoms with E-state index < -0.39 is 18.2 Å². The zero-order valence-corrected chi connectivity index (χ0v) is 12.4. The van der Waals surface area contributed by atoms with Crippen molar-refractivity contribution >= 4 is 11.8 Å². The molecule has 2 atom stereocenters. The first-order chi connectivity index (χ1) is 10.5. The third-order valence-corrected chi connectivity index (χ3v) is 3.43. The van der Waals surface area contributed by atoms with Crippen LogP contribution in [0.25, 0.3) is 0 Å². The van der Waals surface area contributed by atoms with Gasteiger partial charge in [0.2, 0.25) is 5.91 Å². The largest absolute Gasteiger partial charge is 0.507 e. The van der Waals surface area contributed by atoms with E-state index in [1.54, 1.807) is 19.1 Å². The molecule has 0 saturated carbocycles. The number of phenols is 1. The molecule has 120 valence electrons. The summed E-state index contributed by atoms with van der Waals surface area (Å²) in [6.45, 7) is 2.52. The van der Waals surface area contributed by atoms with Crippen LogP contribution in [0.15, 0.2) is 24.3 Å². The van der Waals surface area contributed by atoms with Crippen molar-refractivity contribution < 1.29 is 24.5 Å². The minimum absolute atomic E-state index is 0.0659. The second kappa shape index (κ2) is 7.24. The standard InChI is InChI=1S/C15H20N2O5/c1-10(8-13(19)17-6-7-22-9-14(17)20)16-15(21)11-4-2-3-5-12(11)18/h2-5,10,14,18,20H,6-9H2,1H3,(H,16,21)/t10?,14-/m1/s1. The topological polar surface area (TPSA) is 99.1 Å². The summed E-state index contributed by atoms with van der Waals surface area (Å²) < 4.78 is 5.06. The maximum Gasteiger partial charge on any atom is 0.255 e. The summed E-state index contributed by atoms with van der Waals surface area (Å²) in [5, 5.41) is 22.0. The second-order valence-corrected chi connectivity index (χ2v) is 5.24. The van der Waals surface area contributed by atoms with E-state index in [0.29, 0.717) is 13.2 Å². The van der Waals surface area contributed by atoms with Crippen molar-refractivity contribution in [2.45, 2.75) is 25.6 Å². The number of carbonyl (C=O) groups excluding carboxylic acids is 2. The molecule has 0 bridgehead atoms. The van der Waals surface area contributed by atoms with Crippen molar-refractivity contribution in [3.63, 3.8) is 0 Å². The number of benzene rings is 1. The number of ether oxygens (including phenoxy) is 1. The lowest BCUT2D eigenvalue weighted by molar-refractivity contribution is -0.157. The normalized spacial score (nSPS) is 19.5. The number of phenolic OH excluding ortho intramolecular Hbond substituents is 1. The zero-order chi connectivity index (χ0) is 16.1. The number of morpholine rings is 1. The fraction of sp³-hybridized carbons (Fsp3) is 0.467. The van der Waals surface area contributed by atoms with Gasteiger partial charge in [-0.1, -0.05) is 12.1 Å². The van der Waals surface area contributed by atoms with Crippen molar-refractivity contribution in [1.82, 2.24) is 10.2 Å². The van der Waals surface area contributed by atoms with Gasteiger partial charge < -0.3 is 25.2 Å². The Labute approximate surface area is 128 Å². The summed E-state index contributed by atoms with van der Waals surface area (Å²) in [6.07, 6.45) is -0.876. The average molecular weight is 308 g/mol. The molecule has 1 aliphatic heterocycles. The number of hydrogen-bond donors (Lipinski definition) is 3. The van der Waals surface area contributed by atoms with E-state index in [-0.39, 0.29) is 30.2 Å². The van der Waals surface area contributed by atoms with Gasteiger partial charge >= 0.3 is 0 Å². The van der Waals surface area contributed by atoms with Crippen LogP contribution in [0, 0.1) is 0 Å². The molecule has 0 radical (unpaired) electrons. The Morgan fingerprint density at radius 2 is 2.18 bits per heavy atom. The summed E-state index contributed by atoms with van der Waals surface area (Å²) in [7, 11) is 0. The summed E-state index contributed by atoms with van der Waals surface area (Å²) in [5.41, 5.74) is 0.160. The molecule has 0 aromatic heterocycles. The Kier molecular flexibility index (Phi) is 5.35. The highest BCUT2D eigenvalue weighted by Crippen LogP contribution is 2.15. The predicted molar refractivity (Wildman–Crippen MR) is 78.2 cm³/mol. The lowest BCUT2D eigenvalue weighted by Crippen LogP contribution is -2.50. The second-order valence-electron chi connectivity index (χ2n) is 5.24. The molecule has 7 heteroatoms. The maximum absolute atomic E-state index is 12.1. The monoisotopic (exact) mass is 308 g/mol. The van der Waals surface area contributed by atoms with E-state index in [9.17, 15) is 19.8 Å². The summed E-state index contributed by atoms with van der Waals surface area (Å²) in [6, 6.07) is 5.78. The van der Waals surface area contributed by atoms with Gasteiger partial charge in [0.1, 0.15) is 5.75 Å². The zero-order valence-electron chi connectivity index (χ0n) is 12.4. The van der Waals surface area contributed by atoms with Gasteiger partial charge in [-0.15, -0.1) is 0 Å². The van der Waals surface area contributed by atoms with Crippen LogP contribution < -0.4 is 5.32 Å². The minimum atomic E-state index is -0.942. The molecule has 3 N–H and O–H groups in total. The molecule has 22 heavy (non-hydrogen) atoms. The molecule has 1 aliphatic rings. The van der Waals surface area contributed by atoms with Crippen molar-refractivity contribution in [3.8, 4) is 5.75 Å². The van der Waals surface area contributed by atoms with E-state index in [2.05, 4.69) is 5.32 Å². The Morgan fingerprint density at radius 1 is 1.45 bits per heavy atom. The lowest BCUT2D eigenvalue weighted by atomic mass is 10.1. The Bertz CT molecular complexity index is 548. The number of hydrogen-bond acceptors (Lipinski definition) is 5. The molecule has 2 rings (SSSR count). The van der Waals surface area contributed by atoms with Gasteiger partial charge in [-0.3, -0.25) is 9.59 Å². The van der Waals surface area contributed by atoms with Crippen LogP contribution in [-0.2, 0) is 9.53 Å². The lowest BCUT2D eigenvalue weighted by Gasteiger charge is -2.32. The number of para-hydroxylation sites is 1. The molecule has 1 aromatic carbocycles. The fourth-order valence-corrected chi connectivity index (χ4v) is 2.28. The van der Waals surface area contributed by atoms with Crippen LogP contribution in [0.5, 0.6) is 5.75 Å². The van der Waals surface area contributed by atoms with Crippen molar-refractivity contribution in [1.29, 1.82) is 0 Å². The Morgan fingerprint density at radius 3 is 2.86 bits per heavy atom. The van der Waals surface area contributed by atoms with Crippen molar-refractivity contribution in [2.75, 3.05) is 19.8 Å². The fourth-order valence-electron chi connectivity index (χ4n) is 2.28. The van der Waals surface area contributed by atoms with Gasteiger partial charge in [0.25, 0.3) is 5.91 Å². The number of aliphatic hydroxyl groups is 1. The third-order valence-electron chi connectivity index (χ3n) is 3.43. The van der Waals surface area contributed by atoms with Crippen LogP contribution in [0.1, 0.15) is 23.7 Å². The molecule has 0 aliphatic carbocycles. The van der Waals surface area contributed by atoms with Crippen LogP contribution in [0.4, 0.5) is 0 Å². The van der Waals surface area contributed by atoms with Gasteiger partial charge in [0.05, 0.1) is 18.8 Å². The summed E-state index contributed by atoms with van der Waals surface area (Å²) in [5.74, 6) is -0.802. The van der Waals surface area contributed by atoms with Gasteiger partial charge in [-0.2, -0.15) is 0 Å². The Hall–Kier alpha value is -2.12. The van der Waals surface area contributed by atoms with E-state index in [1.165, 1.54) is 17.0 Å². The first kappa shape index (κ1) is 16.3. The first-order valence-corrected chi connectivity index (χ1v) is 7.13. The molecule has 1 saturated heterocycles. The van der Waals surface area contributed by atoms with Gasteiger partial charge in [-0.05, 0) is 19.1 Å². The molecule has 1 unspecified atom stereocenters.